The van der Waals surface area contributed by atoms with Gasteiger partial charge in [-0.05, 0) is 80.4 Å². The van der Waals surface area contributed by atoms with Gasteiger partial charge in [-0.15, -0.1) is 0 Å². The van der Waals surface area contributed by atoms with Gasteiger partial charge in [0.15, 0.2) is 6.29 Å². The zero-order valence-electron chi connectivity index (χ0n) is 26.1. The Morgan fingerprint density at radius 3 is 2.20 bits per heavy atom. The molecule has 0 amide bonds. The lowest BCUT2D eigenvalue weighted by Gasteiger charge is -2.46. The van der Waals surface area contributed by atoms with E-state index in [0.29, 0.717) is 13.0 Å². The number of carbonyl (C=O) groups is 1. The summed E-state index contributed by atoms with van der Waals surface area (Å²) in [5.41, 5.74) is -3.25. The number of nitrogens with one attached hydrogen (secondary N) is 1. The van der Waals surface area contributed by atoms with Crippen molar-refractivity contribution in [3.8, 4) is 0 Å². The molecule has 236 valence electrons. The number of rotatable bonds is 4. The number of hydrogen-bond acceptors (Lipinski definition) is 11. The molecular weight excluding hydrogens is 520 g/mol. The Balaban J connectivity index is 2.48. The molecule has 40 heavy (non-hydrogen) atoms. The number of aliphatic hydroxyl groups is 5. The Hall–Kier alpha value is -0.890. The van der Waals surface area contributed by atoms with Crippen LogP contribution in [0.4, 0.5) is 0 Å². The van der Waals surface area contributed by atoms with Crippen LogP contribution in [0.3, 0.4) is 0 Å². The van der Waals surface area contributed by atoms with Gasteiger partial charge in [0.2, 0.25) is 0 Å². The van der Waals surface area contributed by atoms with Crippen LogP contribution in [0.25, 0.3) is 0 Å². The molecule has 11 unspecified atom stereocenters. The minimum absolute atomic E-state index is 0.113. The number of ether oxygens (including phenoxy) is 3. The predicted molar refractivity (Wildman–Crippen MR) is 150 cm³/mol. The Morgan fingerprint density at radius 2 is 1.65 bits per heavy atom. The van der Waals surface area contributed by atoms with E-state index in [4.69, 9.17) is 14.2 Å². The van der Waals surface area contributed by atoms with Crippen molar-refractivity contribution in [3.05, 3.63) is 0 Å². The molecular formula is C29H56N2O9. The summed E-state index contributed by atoms with van der Waals surface area (Å²) in [6.45, 7) is 14.0. The van der Waals surface area contributed by atoms with Crippen LogP contribution in [0.5, 0.6) is 0 Å². The summed E-state index contributed by atoms with van der Waals surface area (Å²) in [4.78, 5) is 15.1. The summed E-state index contributed by atoms with van der Waals surface area (Å²) >= 11 is 0. The zero-order valence-corrected chi connectivity index (χ0v) is 26.1. The first-order chi connectivity index (χ1) is 18.3. The van der Waals surface area contributed by atoms with E-state index in [1.54, 1.807) is 27.7 Å². The molecule has 2 fully saturated rings. The maximum Gasteiger partial charge on any atom is 0.311 e. The highest BCUT2D eigenvalue weighted by Crippen LogP contribution is 2.36. The van der Waals surface area contributed by atoms with Crippen molar-refractivity contribution in [2.24, 2.45) is 17.8 Å². The van der Waals surface area contributed by atoms with Crippen molar-refractivity contribution in [1.29, 1.82) is 0 Å². The summed E-state index contributed by atoms with van der Waals surface area (Å²) in [5.74, 6) is -2.67. The Kier molecular flexibility index (Phi) is 12.4. The summed E-state index contributed by atoms with van der Waals surface area (Å²) < 4.78 is 18.0. The molecule has 11 heteroatoms. The van der Waals surface area contributed by atoms with Gasteiger partial charge in [0, 0.05) is 18.0 Å². The van der Waals surface area contributed by atoms with Crippen LogP contribution in [-0.2, 0) is 19.0 Å². The van der Waals surface area contributed by atoms with Gasteiger partial charge in [0.25, 0.3) is 0 Å². The summed E-state index contributed by atoms with van der Waals surface area (Å²) in [5, 5.41) is 59.8. The zero-order chi connectivity index (χ0) is 30.7. The lowest BCUT2D eigenvalue weighted by molar-refractivity contribution is -0.299. The van der Waals surface area contributed by atoms with E-state index in [1.165, 1.54) is 13.8 Å². The molecule has 0 aromatic carbocycles. The van der Waals surface area contributed by atoms with Crippen LogP contribution < -0.4 is 5.32 Å². The lowest BCUT2D eigenvalue weighted by Crippen LogP contribution is -2.59. The van der Waals surface area contributed by atoms with Gasteiger partial charge in [-0.2, -0.15) is 0 Å². The number of nitrogens with zero attached hydrogens (tertiary/aromatic N) is 1. The molecule has 2 saturated heterocycles. The minimum atomic E-state index is -1.75. The minimum Gasteiger partial charge on any atom is -0.459 e. The van der Waals surface area contributed by atoms with Crippen molar-refractivity contribution in [2.45, 2.75) is 141 Å². The summed E-state index contributed by atoms with van der Waals surface area (Å²) in [7, 11) is 3.74. The number of aliphatic hydroxyl groups excluding tert-OH is 3. The van der Waals surface area contributed by atoms with E-state index < -0.39 is 71.9 Å². The van der Waals surface area contributed by atoms with Crippen LogP contribution >= 0.6 is 0 Å². The molecule has 2 rings (SSSR count). The van der Waals surface area contributed by atoms with E-state index in [-0.39, 0.29) is 30.9 Å². The maximum atomic E-state index is 13.2. The summed E-state index contributed by atoms with van der Waals surface area (Å²) in [6.07, 6.45) is -5.77. The van der Waals surface area contributed by atoms with Crippen LogP contribution in [0.1, 0.15) is 74.7 Å². The first-order valence-corrected chi connectivity index (χ1v) is 14.7. The van der Waals surface area contributed by atoms with E-state index in [9.17, 15) is 30.3 Å². The molecule has 0 bridgehead atoms. The Labute approximate surface area is 240 Å². The van der Waals surface area contributed by atoms with Crippen molar-refractivity contribution < 1.29 is 44.5 Å². The molecule has 0 radical (unpaired) electrons. The number of esters is 1. The number of cyclic esters (lactones) is 1. The fraction of sp³-hybridized carbons (Fsp3) is 0.966. The van der Waals surface area contributed by atoms with Crippen LogP contribution in [0.2, 0.25) is 0 Å². The largest absolute Gasteiger partial charge is 0.459 e. The number of hydrogen-bond donors (Lipinski definition) is 6. The predicted octanol–water partition coefficient (Wildman–Crippen LogP) is 0.633. The molecule has 2 aliphatic heterocycles. The first kappa shape index (κ1) is 35.3. The van der Waals surface area contributed by atoms with Crippen LogP contribution in [-0.4, -0.2) is 123 Å². The van der Waals surface area contributed by atoms with Crippen molar-refractivity contribution in [2.75, 3.05) is 20.6 Å². The third-order valence-electron chi connectivity index (χ3n) is 8.97. The van der Waals surface area contributed by atoms with E-state index in [2.05, 4.69) is 5.32 Å². The Bertz CT molecular complexity index is 810. The van der Waals surface area contributed by atoms with Gasteiger partial charge < -0.3 is 50.0 Å². The molecule has 0 saturated carbocycles. The van der Waals surface area contributed by atoms with Gasteiger partial charge in [0.05, 0.1) is 29.8 Å². The third kappa shape index (κ3) is 8.14. The highest BCUT2D eigenvalue weighted by atomic mass is 16.7. The second-order valence-electron chi connectivity index (χ2n) is 13.1. The molecule has 0 spiro atoms. The fourth-order valence-corrected chi connectivity index (χ4v) is 6.36. The summed E-state index contributed by atoms with van der Waals surface area (Å²) in [6, 6.07) is -0.783. The second-order valence-corrected chi connectivity index (χ2v) is 13.1. The van der Waals surface area contributed by atoms with Gasteiger partial charge >= 0.3 is 5.97 Å². The van der Waals surface area contributed by atoms with Gasteiger partial charge in [-0.1, -0.05) is 20.8 Å². The van der Waals surface area contributed by atoms with Gasteiger partial charge in [-0.25, -0.2) is 0 Å². The highest BCUT2D eigenvalue weighted by Gasteiger charge is 2.49. The first-order valence-electron chi connectivity index (χ1n) is 14.7. The molecule has 11 nitrogen and oxygen atoms in total. The SMILES string of the molecule is CCC1OC(=O)C(C)C(O)C(C)[C@H](O[C@@H]2OC(C)CC(N(C)C)C2O)C(C)(O)CC(C)CNC(C)C(O)[C@@]1(C)O. The van der Waals surface area contributed by atoms with Crippen molar-refractivity contribution in [1.82, 2.24) is 10.2 Å². The monoisotopic (exact) mass is 576 g/mol. The Morgan fingerprint density at radius 1 is 1.05 bits per heavy atom. The molecule has 0 aromatic heterocycles. The van der Waals surface area contributed by atoms with Crippen molar-refractivity contribution in [3.63, 3.8) is 0 Å². The van der Waals surface area contributed by atoms with Crippen LogP contribution in [0, 0.1) is 17.8 Å². The molecule has 0 aromatic rings. The molecule has 14 atom stereocenters. The number of carbonyl (C=O) groups excluding carboxylic acids is 1. The van der Waals surface area contributed by atoms with Gasteiger partial charge in [0.1, 0.15) is 23.9 Å². The fourth-order valence-electron chi connectivity index (χ4n) is 6.36. The molecule has 6 N–H and O–H groups in total. The van der Waals surface area contributed by atoms with E-state index in [1.807, 2.05) is 32.8 Å². The second kappa shape index (κ2) is 14.1. The molecule has 2 aliphatic rings. The number of likely N-dealkylation sites (N-methyl/N-ethyl adjacent to an activating group) is 1. The average Bonchev–Trinajstić information content (AvgIpc) is 2.87. The van der Waals surface area contributed by atoms with Gasteiger partial charge in [-0.3, -0.25) is 4.79 Å². The normalized spacial score (nSPS) is 48.8. The van der Waals surface area contributed by atoms with Crippen molar-refractivity contribution >= 4 is 5.97 Å². The average molecular weight is 577 g/mol. The molecule has 2 heterocycles. The maximum absolute atomic E-state index is 13.2. The topological polar surface area (TPSA) is 161 Å². The third-order valence-corrected chi connectivity index (χ3v) is 8.97. The van der Waals surface area contributed by atoms with E-state index >= 15 is 0 Å². The standard InChI is InChI=1S/C29H56N2O9/c1-11-21-29(8,37)24(34)19(6)30-14-15(2)13-28(7,36)25(17(4)22(32)18(5)26(35)39-21)40-27-23(33)20(31(9)10)12-16(3)38-27/h15-25,27,30,32-34,36-37H,11-14H2,1-10H3/t15?,16?,17?,18?,19?,20?,21?,22?,23?,24?,25-,27-,28?,29-/m0/s1. The smallest absolute Gasteiger partial charge is 0.311 e. The lowest BCUT2D eigenvalue weighted by atomic mass is 9.78. The van der Waals surface area contributed by atoms with E-state index in [0.717, 1.165) is 0 Å². The highest BCUT2D eigenvalue weighted by molar-refractivity contribution is 5.73. The van der Waals surface area contributed by atoms with Crippen LogP contribution in [0.15, 0.2) is 0 Å². The molecule has 0 aliphatic carbocycles. The quantitative estimate of drug-likeness (QED) is 0.261.